The first-order valence-corrected chi connectivity index (χ1v) is 6.34. The van der Waals surface area contributed by atoms with Crippen LogP contribution >= 0.6 is 0 Å². The van der Waals surface area contributed by atoms with Gasteiger partial charge < -0.3 is 15.4 Å². The molecule has 5 heteroatoms. The van der Waals surface area contributed by atoms with Crippen molar-refractivity contribution in [2.24, 2.45) is 0 Å². The lowest BCUT2D eigenvalue weighted by atomic mass is 10.3. The van der Waals surface area contributed by atoms with Crippen molar-refractivity contribution >= 4 is 17.3 Å². The lowest BCUT2D eigenvalue weighted by molar-refractivity contribution is -0.143. The maximum absolute atomic E-state index is 11.1. The molecule has 0 spiro atoms. The summed E-state index contributed by atoms with van der Waals surface area (Å²) in [7, 11) is 0. The molecule has 0 unspecified atom stereocenters. The summed E-state index contributed by atoms with van der Waals surface area (Å²) in [5, 5.41) is 6.43. The van der Waals surface area contributed by atoms with Crippen molar-refractivity contribution in [1.82, 2.24) is 4.98 Å². The number of carbonyl (C=O) groups excluding carboxylic acids is 1. The summed E-state index contributed by atoms with van der Waals surface area (Å²) in [5.41, 5.74) is 1.95. The Bertz CT molecular complexity index is 369. The van der Waals surface area contributed by atoms with Gasteiger partial charge in [0.05, 0.1) is 30.4 Å². The van der Waals surface area contributed by atoms with Gasteiger partial charge in [-0.15, -0.1) is 0 Å². The van der Waals surface area contributed by atoms with E-state index in [4.69, 9.17) is 4.74 Å². The lowest BCUT2D eigenvalue weighted by Gasteiger charge is -2.08. The van der Waals surface area contributed by atoms with E-state index in [9.17, 15) is 4.79 Å². The molecule has 0 saturated carbocycles. The van der Waals surface area contributed by atoms with E-state index < -0.39 is 0 Å². The first-order valence-electron chi connectivity index (χ1n) is 6.34. The topological polar surface area (TPSA) is 63.2 Å². The predicted molar refractivity (Wildman–Crippen MR) is 72.8 cm³/mol. The molecule has 0 amide bonds. The SMILES string of the molecule is CCNc1cncc(NCCCC(=O)OCC)c1. The summed E-state index contributed by atoms with van der Waals surface area (Å²) >= 11 is 0. The van der Waals surface area contributed by atoms with E-state index in [1.54, 1.807) is 12.4 Å². The first-order chi connectivity index (χ1) is 8.76. The fraction of sp³-hybridized carbons (Fsp3) is 0.538. The van der Waals surface area contributed by atoms with E-state index in [1.807, 2.05) is 19.9 Å². The van der Waals surface area contributed by atoms with Gasteiger partial charge in [-0.2, -0.15) is 0 Å². The van der Waals surface area contributed by atoms with Crippen molar-refractivity contribution in [1.29, 1.82) is 0 Å². The summed E-state index contributed by atoms with van der Waals surface area (Å²) in [6, 6.07) is 2.00. The first kappa shape index (κ1) is 14.3. The van der Waals surface area contributed by atoms with Crippen LogP contribution in [0, 0.1) is 0 Å². The Balaban J connectivity index is 2.26. The summed E-state index contributed by atoms with van der Waals surface area (Å²) in [5.74, 6) is -0.140. The fourth-order valence-electron chi connectivity index (χ4n) is 1.54. The second-order valence-corrected chi connectivity index (χ2v) is 3.83. The molecule has 0 bridgehead atoms. The average molecular weight is 251 g/mol. The van der Waals surface area contributed by atoms with Gasteiger partial charge in [0, 0.05) is 19.5 Å². The van der Waals surface area contributed by atoms with E-state index in [-0.39, 0.29) is 5.97 Å². The van der Waals surface area contributed by atoms with Crippen LogP contribution in [0.15, 0.2) is 18.5 Å². The third-order valence-electron chi connectivity index (χ3n) is 2.31. The maximum Gasteiger partial charge on any atom is 0.305 e. The standard InChI is InChI=1S/C13H21N3O2/c1-3-15-11-8-12(10-14-9-11)16-7-5-6-13(17)18-4-2/h8-10,15-16H,3-7H2,1-2H3. The van der Waals surface area contributed by atoms with Crippen molar-refractivity contribution in [2.45, 2.75) is 26.7 Å². The molecule has 2 N–H and O–H groups in total. The highest BCUT2D eigenvalue weighted by Gasteiger charge is 2.01. The largest absolute Gasteiger partial charge is 0.466 e. The number of rotatable bonds is 8. The Kier molecular flexibility index (Phi) is 6.61. The Morgan fingerprint density at radius 2 is 2.00 bits per heavy atom. The molecule has 0 radical (unpaired) electrons. The van der Waals surface area contributed by atoms with E-state index in [2.05, 4.69) is 15.6 Å². The van der Waals surface area contributed by atoms with Crippen LogP contribution < -0.4 is 10.6 Å². The number of esters is 1. The molecule has 1 heterocycles. The molecule has 0 aliphatic heterocycles. The molecule has 1 aromatic rings. The van der Waals surface area contributed by atoms with Gasteiger partial charge in [0.2, 0.25) is 0 Å². The molecule has 0 aliphatic carbocycles. The van der Waals surface area contributed by atoms with Crippen LogP contribution in [0.2, 0.25) is 0 Å². The van der Waals surface area contributed by atoms with Gasteiger partial charge in [-0.25, -0.2) is 0 Å². The number of anilines is 2. The monoisotopic (exact) mass is 251 g/mol. The maximum atomic E-state index is 11.1. The van der Waals surface area contributed by atoms with Crippen LogP contribution in [0.4, 0.5) is 11.4 Å². The van der Waals surface area contributed by atoms with Gasteiger partial charge in [-0.05, 0) is 26.3 Å². The highest BCUT2D eigenvalue weighted by molar-refractivity contribution is 5.69. The summed E-state index contributed by atoms with van der Waals surface area (Å²) in [4.78, 5) is 15.3. The number of aromatic nitrogens is 1. The van der Waals surface area contributed by atoms with E-state index >= 15 is 0 Å². The zero-order valence-corrected chi connectivity index (χ0v) is 11.0. The van der Waals surface area contributed by atoms with Crippen LogP contribution in [0.25, 0.3) is 0 Å². The quantitative estimate of drug-likeness (QED) is 0.548. The minimum atomic E-state index is -0.140. The minimum Gasteiger partial charge on any atom is -0.466 e. The number of ether oxygens (including phenoxy) is 1. The lowest BCUT2D eigenvalue weighted by Crippen LogP contribution is -2.08. The van der Waals surface area contributed by atoms with E-state index in [0.29, 0.717) is 13.0 Å². The van der Waals surface area contributed by atoms with Crippen LogP contribution in [-0.4, -0.2) is 30.6 Å². The second kappa shape index (κ2) is 8.33. The van der Waals surface area contributed by atoms with Gasteiger partial charge in [0.1, 0.15) is 0 Å². The van der Waals surface area contributed by atoms with Crippen molar-refractivity contribution < 1.29 is 9.53 Å². The Morgan fingerprint density at radius 3 is 2.67 bits per heavy atom. The fourth-order valence-corrected chi connectivity index (χ4v) is 1.54. The molecule has 1 aromatic heterocycles. The summed E-state index contributed by atoms with van der Waals surface area (Å²) in [6.07, 6.45) is 4.75. The number of pyridine rings is 1. The molecule has 5 nitrogen and oxygen atoms in total. The molecule has 18 heavy (non-hydrogen) atoms. The van der Waals surface area contributed by atoms with Gasteiger partial charge in [0.15, 0.2) is 0 Å². The van der Waals surface area contributed by atoms with E-state index in [0.717, 1.165) is 30.9 Å². The van der Waals surface area contributed by atoms with Crippen molar-refractivity contribution in [3.8, 4) is 0 Å². The molecule has 0 aliphatic rings. The zero-order valence-electron chi connectivity index (χ0n) is 11.0. The third-order valence-corrected chi connectivity index (χ3v) is 2.31. The van der Waals surface area contributed by atoms with Crippen LogP contribution in [0.1, 0.15) is 26.7 Å². The third kappa shape index (κ3) is 5.52. The number of carbonyl (C=O) groups is 1. The van der Waals surface area contributed by atoms with Crippen molar-refractivity contribution in [3.05, 3.63) is 18.5 Å². The van der Waals surface area contributed by atoms with Crippen molar-refractivity contribution in [2.75, 3.05) is 30.3 Å². The summed E-state index contributed by atoms with van der Waals surface area (Å²) in [6.45, 7) is 5.90. The molecule has 0 atom stereocenters. The van der Waals surface area contributed by atoms with Gasteiger partial charge in [0.25, 0.3) is 0 Å². The molecule has 0 fully saturated rings. The van der Waals surface area contributed by atoms with Gasteiger partial charge in [-0.3, -0.25) is 9.78 Å². The predicted octanol–water partition coefficient (Wildman–Crippen LogP) is 2.27. The Morgan fingerprint density at radius 1 is 1.28 bits per heavy atom. The van der Waals surface area contributed by atoms with Gasteiger partial charge >= 0.3 is 5.97 Å². The van der Waals surface area contributed by atoms with Gasteiger partial charge in [-0.1, -0.05) is 0 Å². The normalized spacial score (nSPS) is 9.89. The molecule has 100 valence electrons. The molecular formula is C13H21N3O2. The highest BCUT2D eigenvalue weighted by atomic mass is 16.5. The number of hydrogen-bond acceptors (Lipinski definition) is 5. The highest BCUT2D eigenvalue weighted by Crippen LogP contribution is 2.12. The molecule has 1 rings (SSSR count). The zero-order chi connectivity index (χ0) is 13.2. The minimum absolute atomic E-state index is 0.140. The average Bonchev–Trinajstić information content (AvgIpc) is 2.36. The second-order valence-electron chi connectivity index (χ2n) is 3.83. The van der Waals surface area contributed by atoms with E-state index in [1.165, 1.54) is 0 Å². The summed E-state index contributed by atoms with van der Waals surface area (Å²) < 4.78 is 4.86. The number of nitrogens with one attached hydrogen (secondary N) is 2. The molecule has 0 aromatic carbocycles. The number of nitrogens with zero attached hydrogens (tertiary/aromatic N) is 1. The molecule has 0 saturated heterocycles. The van der Waals surface area contributed by atoms with Crippen LogP contribution in [0.5, 0.6) is 0 Å². The Labute approximate surface area is 108 Å². The molecular weight excluding hydrogens is 230 g/mol. The van der Waals surface area contributed by atoms with Crippen LogP contribution in [0.3, 0.4) is 0 Å². The number of hydrogen-bond donors (Lipinski definition) is 2. The van der Waals surface area contributed by atoms with Crippen LogP contribution in [-0.2, 0) is 9.53 Å². The smallest absolute Gasteiger partial charge is 0.305 e. The van der Waals surface area contributed by atoms with Crippen molar-refractivity contribution in [3.63, 3.8) is 0 Å². The Hall–Kier alpha value is -1.78.